The van der Waals surface area contributed by atoms with E-state index in [0.29, 0.717) is 0 Å². The van der Waals surface area contributed by atoms with E-state index in [4.69, 9.17) is 28.1 Å². The summed E-state index contributed by atoms with van der Waals surface area (Å²) in [6.45, 7) is 14.3. The molecule has 11 nitrogen and oxygen atoms in total. The zero-order valence-electron chi connectivity index (χ0n) is 27.5. The lowest BCUT2D eigenvalue weighted by atomic mass is 9.99. The van der Waals surface area contributed by atoms with E-state index in [2.05, 4.69) is 41.5 Å². The Morgan fingerprint density at radius 1 is 0.867 bits per heavy atom. The molecule has 0 aromatic heterocycles. The molecule has 2 aliphatic heterocycles. The summed E-state index contributed by atoms with van der Waals surface area (Å²) in [5.74, 6) is -0.695. The zero-order valence-corrected chi connectivity index (χ0v) is 28.5. The fourth-order valence-corrected chi connectivity index (χ4v) is 11.9. The van der Waals surface area contributed by atoms with Gasteiger partial charge in [0.2, 0.25) is 0 Å². The van der Waals surface area contributed by atoms with Crippen LogP contribution in [0.3, 0.4) is 0 Å². The van der Waals surface area contributed by atoms with E-state index in [1.165, 1.54) is 13.2 Å². The second kappa shape index (κ2) is 17.1. The predicted octanol–water partition coefficient (Wildman–Crippen LogP) is 3.78. The van der Waals surface area contributed by atoms with Gasteiger partial charge >= 0.3 is 5.97 Å². The molecule has 0 saturated carbocycles. The van der Waals surface area contributed by atoms with Gasteiger partial charge in [0.25, 0.3) is 0 Å². The summed E-state index contributed by atoms with van der Waals surface area (Å²) in [6.07, 6.45) is -6.40. The summed E-state index contributed by atoms with van der Waals surface area (Å²) in [5, 5.41) is 32.7. The van der Waals surface area contributed by atoms with Gasteiger partial charge in [0.1, 0.15) is 49.0 Å². The molecule has 12 heteroatoms. The van der Waals surface area contributed by atoms with Gasteiger partial charge in [-0.15, -0.1) is 0 Å². The lowest BCUT2D eigenvalue weighted by Gasteiger charge is -2.46. The number of hydrogen-bond acceptors (Lipinski definition) is 11. The Kier molecular flexibility index (Phi) is 14.2. The van der Waals surface area contributed by atoms with Gasteiger partial charge in [-0.05, 0) is 35.2 Å². The Morgan fingerprint density at radius 3 is 2.11 bits per heavy atom. The largest absolute Gasteiger partial charge is 0.492 e. The fourth-order valence-electron chi connectivity index (χ4n) is 6.41. The molecule has 3 N–H and O–H groups in total. The Morgan fingerprint density at radius 2 is 1.51 bits per heavy atom. The number of rotatable bonds is 16. The maximum atomic E-state index is 12.3. The second-order valence-corrected chi connectivity index (χ2v) is 18.4. The molecule has 1 saturated heterocycles. The van der Waals surface area contributed by atoms with E-state index in [1.54, 1.807) is 6.08 Å². The minimum absolute atomic E-state index is 0.0117. The van der Waals surface area contributed by atoms with Crippen molar-refractivity contribution >= 4 is 20.1 Å². The van der Waals surface area contributed by atoms with Crippen LogP contribution in [0.4, 0.5) is 0 Å². The SMILES string of the molecule is CC(=O)CCC(=O)OC[C@H]1OC=C[C@H](OCc2ccccc2)[C@@H]1O[C@@H]1O[C@H](CO[Si](C(C)C)(C(C)C)C(C)C)[C@H](O)[C@H](O)[C@H]1O. The van der Waals surface area contributed by atoms with Gasteiger partial charge in [-0.3, -0.25) is 4.79 Å². The van der Waals surface area contributed by atoms with Crippen LogP contribution in [0, 0.1) is 0 Å². The van der Waals surface area contributed by atoms with Crippen molar-refractivity contribution in [1.82, 2.24) is 0 Å². The van der Waals surface area contributed by atoms with E-state index >= 15 is 0 Å². The number of hydrogen-bond donors (Lipinski definition) is 3. The van der Waals surface area contributed by atoms with Crippen LogP contribution >= 0.6 is 0 Å². The molecule has 254 valence electrons. The van der Waals surface area contributed by atoms with Crippen molar-refractivity contribution in [3.8, 4) is 0 Å². The predicted molar refractivity (Wildman–Crippen MR) is 168 cm³/mol. The van der Waals surface area contributed by atoms with Crippen molar-refractivity contribution in [1.29, 1.82) is 0 Å². The summed E-state index contributed by atoms with van der Waals surface area (Å²) in [5.41, 5.74) is 1.77. The average Bonchev–Trinajstić information content (AvgIpc) is 2.99. The Bertz CT molecular complexity index is 1070. The maximum absolute atomic E-state index is 12.3. The standard InChI is InChI=1S/C33H52O11Si/c1-20(2)45(21(3)4,22(5)6)42-19-26-29(36)30(37)31(38)33(43-26)44-32-25(40-17-24-11-9-8-10-12-24)15-16-39-27(32)18-41-28(35)14-13-23(7)34/h8-12,15-16,20-22,25-27,29-33,36-38H,13-14,17-19H2,1-7H3/t25-,26+,27+,29-,30-,31+,32-,33-/m0/s1. The van der Waals surface area contributed by atoms with Crippen LogP contribution in [0.5, 0.6) is 0 Å². The highest BCUT2D eigenvalue weighted by Gasteiger charge is 2.50. The number of carbonyl (C=O) groups is 2. The number of ketones is 1. The lowest BCUT2D eigenvalue weighted by Crippen LogP contribution is -2.62. The van der Waals surface area contributed by atoms with Gasteiger partial charge < -0.3 is 48.2 Å². The molecule has 1 aromatic carbocycles. The first kappa shape index (κ1) is 37.3. The molecule has 1 fully saturated rings. The third-order valence-corrected chi connectivity index (χ3v) is 14.8. The van der Waals surface area contributed by atoms with Crippen LogP contribution in [-0.2, 0) is 44.3 Å². The van der Waals surface area contributed by atoms with Crippen LogP contribution in [0.25, 0.3) is 0 Å². The smallest absolute Gasteiger partial charge is 0.306 e. The molecule has 2 heterocycles. The molecule has 1 aromatic rings. The molecule has 3 rings (SSSR count). The molecule has 0 bridgehead atoms. The second-order valence-electron chi connectivity index (χ2n) is 12.9. The van der Waals surface area contributed by atoms with Gasteiger partial charge in [-0.1, -0.05) is 71.9 Å². The Labute approximate surface area is 267 Å². The molecule has 0 unspecified atom stereocenters. The number of ether oxygens (including phenoxy) is 5. The van der Waals surface area contributed by atoms with Gasteiger partial charge in [0.05, 0.1) is 25.9 Å². The van der Waals surface area contributed by atoms with Gasteiger partial charge in [0.15, 0.2) is 20.7 Å². The van der Waals surface area contributed by atoms with E-state index in [9.17, 15) is 24.9 Å². The highest BCUT2D eigenvalue weighted by Crippen LogP contribution is 2.42. The van der Waals surface area contributed by atoms with E-state index < -0.39 is 63.3 Å². The molecule has 0 radical (unpaired) electrons. The minimum Gasteiger partial charge on any atom is -0.492 e. The molecule has 0 spiro atoms. The molecular weight excluding hydrogens is 600 g/mol. The molecule has 0 aliphatic carbocycles. The van der Waals surface area contributed by atoms with Crippen LogP contribution < -0.4 is 0 Å². The van der Waals surface area contributed by atoms with Crippen molar-refractivity contribution < 1.29 is 53.0 Å². The quantitative estimate of drug-likeness (QED) is 0.177. The number of esters is 1. The van der Waals surface area contributed by atoms with Crippen molar-refractivity contribution in [3.05, 3.63) is 48.2 Å². The fraction of sp³-hybridized carbons (Fsp3) is 0.697. The van der Waals surface area contributed by atoms with Crippen molar-refractivity contribution in [2.45, 2.75) is 134 Å². The number of Topliss-reactive ketones (excluding diaryl/α,β-unsaturated/α-hetero) is 1. The average molecular weight is 653 g/mol. The van der Waals surface area contributed by atoms with E-state index in [-0.39, 0.29) is 55.1 Å². The van der Waals surface area contributed by atoms with Gasteiger partial charge in [0, 0.05) is 6.42 Å². The summed E-state index contributed by atoms with van der Waals surface area (Å²) in [7, 11) is -2.34. The lowest BCUT2D eigenvalue weighted by molar-refractivity contribution is -0.325. The first-order valence-electron chi connectivity index (χ1n) is 15.9. The minimum atomic E-state index is -2.34. The van der Waals surface area contributed by atoms with Crippen LogP contribution in [0.2, 0.25) is 16.6 Å². The number of carbonyl (C=O) groups excluding carboxylic acids is 2. The van der Waals surface area contributed by atoms with Crippen molar-refractivity contribution in [2.75, 3.05) is 13.2 Å². The summed E-state index contributed by atoms with van der Waals surface area (Å²) in [4.78, 5) is 23.6. The Hall–Kier alpha value is -2.16. The summed E-state index contributed by atoms with van der Waals surface area (Å²) >= 11 is 0. The number of aliphatic hydroxyl groups is 3. The maximum Gasteiger partial charge on any atom is 0.306 e. The highest BCUT2D eigenvalue weighted by atomic mass is 28.4. The zero-order chi connectivity index (χ0) is 33.3. The molecular formula is C33H52O11Si. The summed E-state index contributed by atoms with van der Waals surface area (Å²) < 4.78 is 36.4. The van der Waals surface area contributed by atoms with Gasteiger partial charge in [-0.25, -0.2) is 0 Å². The van der Waals surface area contributed by atoms with E-state index in [1.807, 2.05) is 30.3 Å². The number of benzene rings is 1. The number of aliphatic hydroxyl groups excluding tert-OH is 3. The van der Waals surface area contributed by atoms with Crippen molar-refractivity contribution in [2.24, 2.45) is 0 Å². The first-order chi connectivity index (χ1) is 21.3. The first-order valence-corrected chi connectivity index (χ1v) is 18.0. The van der Waals surface area contributed by atoms with Crippen molar-refractivity contribution in [3.63, 3.8) is 0 Å². The monoisotopic (exact) mass is 652 g/mol. The highest BCUT2D eigenvalue weighted by molar-refractivity contribution is 6.77. The molecule has 45 heavy (non-hydrogen) atoms. The normalized spacial score (nSPS) is 28.8. The summed E-state index contributed by atoms with van der Waals surface area (Å²) in [6, 6.07) is 9.52. The van der Waals surface area contributed by atoms with Crippen LogP contribution in [-0.4, -0.2) is 97.6 Å². The van der Waals surface area contributed by atoms with Crippen LogP contribution in [0.15, 0.2) is 42.7 Å². The molecule has 8 atom stereocenters. The van der Waals surface area contributed by atoms with E-state index in [0.717, 1.165) is 5.56 Å². The third-order valence-electron chi connectivity index (χ3n) is 8.75. The Balaban J connectivity index is 1.80. The third kappa shape index (κ3) is 9.68. The van der Waals surface area contributed by atoms with Crippen LogP contribution in [0.1, 0.15) is 66.9 Å². The molecule has 0 amide bonds. The molecule has 2 aliphatic rings. The van der Waals surface area contributed by atoms with Gasteiger partial charge in [-0.2, -0.15) is 0 Å². The topological polar surface area (TPSA) is 150 Å².